The molecule has 0 radical (unpaired) electrons. The van der Waals surface area contributed by atoms with Crippen LogP contribution < -0.4 is 0 Å². The van der Waals surface area contributed by atoms with Crippen LogP contribution in [0.5, 0.6) is 0 Å². The van der Waals surface area contributed by atoms with E-state index in [0.717, 1.165) is 26.2 Å². The molecular formula is C18H27N3O3. The molecule has 4 aliphatic rings. The Morgan fingerprint density at radius 3 is 2.75 bits per heavy atom. The van der Waals surface area contributed by atoms with E-state index in [4.69, 9.17) is 4.74 Å². The van der Waals surface area contributed by atoms with Gasteiger partial charge in [-0.3, -0.25) is 9.59 Å². The van der Waals surface area contributed by atoms with Crippen LogP contribution in [0, 0.1) is 11.8 Å². The van der Waals surface area contributed by atoms with Gasteiger partial charge in [0, 0.05) is 27.2 Å². The Kier molecular flexibility index (Phi) is 3.92. The van der Waals surface area contributed by atoms with Gasteiger partial charge in [-0.15, -0.1) is 0 Å². The van der Waals surface area contributed by atoms with Crippen molar-refractivity contribution in [2.75, 3.05) is 46.8 Å². The highest BCUT2D eigenvalue weighted by atomic mass is 16.5. The molecule has 4 aliphatic heterocycles. The average molecular weight is 333 g/mol. The second-order valence-electron chi connectivity index (χ2n) is 7.79. The van der Waals surface area contributed by atoms with Crippen molar-refractivity contribution in [3.8, 4) is 0 Å². The molecule has 0 aromatic rings. The third-order valence-electron chi connectivity index (χ3n) is 6.04. The van der Waals surface area contributed by atoms with Gasteiger partial charge in [0.25, 0.3) is 0 Å². The predicted octanol–water partition coefficient (Wildman–Crippen LogP) is 0.343. The number of likely N-dealkylation sites (tertiary alicyclic amines) is 2. The molecule has 2 unspecified atom stereocenters. The van der Waals surface area contributed by atoms with Gasteiger partial charge < -0.3 is 19.4 Å². The molecule has 4 heterocycles. The van der Waals surface area contributed by atoms with Crippen LogP contribution >= 0.6 is 0 Å². The van der Waals surface area contributed by atoms with Crippen LogP contribution in [0.1, 0.15) is 19.3 Å². The van der Waals surface area contributed by atoms with E-state index in [-0.39, 0.29) is 29.8 Å². The number of carbonyl (C=O) groups is 2. The molecule has 2 amide bonds. The minimum absolute atomic E-state index is 0.00227. The maximum atomic E-state index is 13.0. The van der Waals surface area contributed by atoms with Crippen molar-refractivity contribution in [3.63, 3.8) is 0 Å². The van der Waals surface area contributed by atoms with Crippen LogP contribution in [0.4, 0.5) is 0 Å². The fourth-order valence-electron chi connectivity index (χ4n) is 4.79. The average Bonchev–Trinajstić information content (AvgIpc) is 3.21. The Balaban J connectivity index is 1.47. The van der Waals surface area contributed by atoms with Crippen molar-refractivity contribution in [2.45, 2.75) is 31.0 Å². The summed E-state index contributed by atoms with van der Waals surface area (Å²) in [5.74, 6) is -0.609. The highest BCUT2D eigenvalue weighted by Crippen LogP contribution is 2.52. The number of carbonyl (C=O) groups excluding carboxylic acids is 2. The van der Waals surface area contributed by atoms with E-state index >= 15 is 0 Å². The smallest absolute Gasteiger partial charge is 0.230 e. The van der Waals surface area contributed by atoms with Crippen LogP contribution in [0.25, 0.3) is 0 Å². The third kappa shape index (κ3) is 2.39. The first-order chi connectivity index (χ1) is 11.5. The fourth-order valence-corrected chi connectivity index (χ4v) is 4.79. The van der Waals surface area contributed by atoms with Crippen molar-refractivity contribution in [3.05, 3.63) is 12.2 Å². The van der Waals surface area contributed by atoms with Crippen molar-refractivity contribution >= 4 is 11.8 Å². The Bertz CT molecular complexity index is 570. The van der Waals surface area contributed by atoms with Crippen LogP contribution in [-0.4, -0.2) is 85.0 Å². The number of amides is 2. The van der Waals surface area contributed by atoms with Crippen LogP contribution in [-0.2, 0) is 14.3 Å². The summed E-state index contributed by atoms with van der Waals surface area (Å²) in [6, 6.07) is 0. The van der Waals surface area contributed by atoms with Crippen molar-refractivity contribution < 1.29 is 14.3 Å². The number of fused-ring (bicyclic) bond motifs is 1. The number of hydrogen-bond acceptors (Lipinski definition) is 4. The summed E-state index contributed by atoms with van der Waals surface area (Å²) >= 11 is 0. The summed E-state index contributed by atoms with van der Waals surface area (Å²) in [5.41, 5.74) is -0.569. The minimum atomic E-state index is -0.569. The fraction of sp³-hybridized carbons (Fsp3) is 0.778. The Hall–Kier alpha value is -1.40. The summed E-state index contributed by atoms with van der Waals surface area (Å²) in [4.78, 5) is 31.5. The molecule has 0 aromatic carbocycles. The molecule has 24 heavy (non-hydrogen) atoms. The largest absolute Gasteiger partial charge is 0.360 e. The van der Waals surface area contributed by atoms with E-state index in [1.54, 1.807) is 19.0 Å². The van der Waals surface area contributed by atoms with Crippen LogP contribution in [0.3, 0.4) is 0 Å². The molecule has 0 N–H and O–H groups in total. The number of ether oxygens (including phenoxy) is 1. The quantitative estimate of drug-likeness (QED) is 0.697. The molecule has 2 bridgehead atoms. The first kappa shape index (κ1) is 16.1. The summed E-state index contributed by atoms with van der Waals surface area (Å²) in [7, 11) is 3.50. The lowest BCUT2D eigenvalue weighted by Gasteiger charge is -2.29. The van der Waals surface area contributed by atoms with Crippen molar-refractivity contribution in [2.24, 2.45) is 11.8 Å². The molecule has 6 nitrogen and oxygen atoms in total. The summed E-state index contributed by atoms with van der Waals surface area (Å²) in [6.07, 6.45) is 7.60. The Morgan fingerprint density at radius 1 is 1.29 bits per heavy atom. The molecule has 1 spiro atoms. The van der Waals surface area contributed by atoms with E-state index in [2.05, 4.69) is 4.90 Å². The molecule has 132 valence electrons. The van der Waals surface area contributed by atoms with Crippen LogP contribution in [0.2, 0.25) is 0 Å². The maximum Gasteiger partial charge on any atom is 0.230 e. The highest BCUT2D eigenvalue weighted by Gasteiger charge is 2.66. The third-order valence-corrected chi connectivity index (χ3v) is 6.04. The van der Waals surface area contributed by atoms with Gasteiger partial charge in [0.1, 0.15) is 5.60 Å². The first-order valence-electron chi connectivity index (χ1n) is 9.11. The highest BCUT2D eigenvalue weighted by molar-refractivity contribution is 5.92. The first-order valence-corrected chi connectivity index (χ1v) is 9.11. The molecule has 0 aromatic heterocycles. The van der Waals surface area contributed by atoms with E-state index < -0.39 is 5.60 Å². The normalized spacial score (nSPS) is 38.0. The Labute approximate surface area is 143 Å². The molecule has 3 fully saturated rings. The number of hydrogen-bond donors (Lipinski definition) is 0. The standard InChI is InChI=1S/C18H27N3O3/c1-19(2)16(22)14-13-6-7-18(24-13)12-21(17(23)15(14)18)11-10-20-8-4-3-5-9-20/h6-7,13-15H,3-5,8-12H2,1-2H3/t13-,14?,15?,18-/m0/s1. The van der Waals surface area contributed by atoms with Gasteiger partial charge in [-0.05, 0) is 25.9 Å². The van der Waals surface area contributed by atoms with Crippen molar-refractivity contribution in [1.82, 2.24) is 14.7 Å². The molecule has 4 atom stereocenters. The van der Waals surface area contributed by atoms with E-state index in [0.29, 0.717) is 6.54 Å². The van der Waals surface area contributed by atoms with Gasteiger partial charge in [0.05, 0.1) is 24.5 Å². The van der Waals surface area contributed by atoms with E-state index in [1.165, 1.54) is 19.3 Å². The zero-order chi connectivity index (χ0) is 16.9. The SMILES string of the molecule is CN(C)C(=O)C1C2C(=O)N(CCN3CCCCC3)C[C@@]23C=C[C@@H]1O3. The topological polar surface area (TPSA) is 53.1 Å². The zero-order valence-electron chi connectivity index (χ0n) is 14.6. The summed E-state index contributed by atoms with van der Waals surface area (Å²) in [5, 5.41) is 0. The van der Waals surface area contributed by atoms with Gasteiger partial charge in [0.2, 0.25) is 11.8 Å². The van der Waals surface area contributed by atoms with E-state index in [1.807, 2.05) is 17.1 Å². The zero-order valence-corrected chi connectivity index (χ0v) is 14.6. The monoisotopic (exact) mass is 333 g/mol. The van der Waals surface area contributed by atoms with E-state index in [9.17, 15) is 9.59 Å². The summed E-state index contributed by atoms with van der Waals surface area (Å²) in [6.45, 7) is 4.53. The molecule has 6 heteroatoms. The van der Waals surface area contributed by atoms with Gasteiger partial charge >= 0.3 is 0 Å². The molecule has 0 saturated carbocycles. The lowest BCUT2D eigenvalue weighted by atomic mass is 9.76. The lowest BCUT2D eigenvalue weighted by molar-refractivity contribution is -0.141. The van der Waals surface area contributed by atoms with Crippen molar-refractivity contribution in [1.29, 1.82) is 0 Å². The van der Waals surface area contributed by atoms with Gasteiger partial charge in [-0.1, -0.05) is 18.6 Å². The Morgan fingerprint density at radius 2 is 2.04 bits per heavy atom. The second-order valence-corrected chi connectivity index (χ2v) is 7.79. The molecule has 0 aliphatic carbocycles. The number of rotatable bonds is 4. The second kappa shape index (κ2) is 5.85. The molecule has 4 rings (SSSR count). The van der Waals surface area contributed by atoms with Gasteiger partial charge in [0.15, 0.2) is 0 Å². The van der Waals surface area contributed by atoms with Gasteiger partial charge in [-0.25, -0.2) is 0 Å². The molecular weight excluding hydrogens is 306 g/mol. The van der Waals surface area contributed by atoms with Crippen LogP contribution in [0.15, 0.2) is 12.2 Å². The predicted molar refractivity (Wildman–Crippen MR) is 89.3 cm³/mol. The maximum absolute atomic E-state index is 13.0. The number of nitrogens with zero attached hydrogens (tertiary/aromatic N) is 3. The summed E-state index contributed by atoms with van der Waals surface area (Å²) < 4.78 is 6.13. The minimum Gasteiger partial charge on any atom is -0.360 e. The lowest BCUT2D eigenvalue weighted by Crippen LogP contribution is -2.44. The van der Waals surface area contributed by atoms with Gasteiger partial charge in [-0.2, -0.15) is 0 Å². The molecule has 3 saturated heterocycles. The number of piperidine rings is 1.